The van der Waals surface area contributed by atoms with Crippen LogP contribution in [-0.2, 0) is 0 Å². The Balaban J connectivity index is 2.45. The normalized spacial score (nSPS) is 18.1. The summed E-state index contributed by atoms with van der Waals surface area (Å²) in [5, 5.41) is 4.55. The quantitative estimate of drug-likeness (QED) is 0.729. The summed E-state index contributed by atoms with van der Waals surface area (Å²) < 4.78 is 0. The predicted octanol–water partition coefficient (Wildman–Crippen LogP) is 3.70. The van der Waals surface area contributed by atoms with Gasteiger partial charge in [-0.1, -0.05) is 33.1 Å². The smallest absolute Gasteiger partial charge is 0.169 e. The van der Waals surface area contributed by atoms with Crippen LogP contribution in [0.15, 0.2) is 0 Å². The van der Waals surface area contributed by atoms with Crippen molar-refractivity contribution in [3.05, 3.63) is 0 Å². The highest BCUT2D eigenvalue weighted by Gasteiger charge is 2.20. The number of nitrogens with one attached hydrogen (secondary N) is 1. The zero-order chi connectivity index (χ0) is 12.7. The number of rotatable bonds is 6. The Morgan fingerprint density at radius 1 is 1.35 bits per heavy atom. The van der Waals surface area contributed by atoms with Gasteiger partial charge in [0.25, 0.3) is 0 Å². The van der Waals surface area contributed by atoms with Crippen molar-refractivity contribution < 1.29 is 0 Å². The second-order valence-corrected chi connectivity index (χ2v) is 5.62. The van der Waals surface area contributed by atoms with E-state index in [4.69, 9.17) is 12.2 Å². The molecule has 0 spiro atoms. The molecule has 0 radical (unpaired) electrons. The molecule has 1 N–H and O–H groups in total. The minimum atomic E-state index is 0.558. The molecular formula is C14H28N2S. The molecule has 0 saturated heterocycles. The molecule has 1 saturated carbocycles. The van der Waals surface area contributed by atoms with Crippen LogP contribution in [-0.4, -0.2) is 28.6 Å². The molecule has 2 nitrogen and oxygen atoms in total. The van der Waals surface area contributed by atoms with Crippen LogP contribution in [0.4, 0.5) is 0 Å². The standard InChI is InChI=1S/C14H28N2S/c1-4-6-11-16(12(3)5-2)14(17)15-13-9-7-8-10-13/h12-13H,4-11H2,1-3H3,(H,15,17). The Hall–Kier alpha value is -0.310. The predicted molar refractivity (Wildman–Crippen MR) is 79.4 cm³/mol. The molecule has 0 heterocycles. The lowest BCUT2D eigenvalue weighted by Gasteiger charge is -2.32. The van der Waals surface area contributed by atoms with Gasteiger partial charge in [-0.25, -0.2) is 0 Å². The van der Waals surface area contributed by atoms with Crippen LogP contribution in [0, 0.1) is 0 Å². The van der Waals surface area contributed by atoms with Gasteiger partial charge in [0.1, 0.15) is 0 Å². The lowest BCUT2D eigenvalue weighted by atomic mass is 10.2. The average Bonchev–Trinajstić information content (AvgIpc) is 2.81. The number of thiocarbonyl (C=S) groups is 1. The van der Waals surface area contributed by atoms with Gasteiger partial charge >= 0.3 is 0 Å². The van der Waals surface area contributed by atoms with Crippen molar-refractivity contribution in [2.24, 2.45) is 0 Å². The summed E-state index contributed by atoms with van der Waals surface area (Å²) in [7, 11) is 0. The molecule has 3 heteroatoms. The summed E-state index contributed by atoms with van der Waals surface area (Å²) in [4.78, 5) is 2.39. The summed E-state index contributed by atoms with van der Waals surface area (Å²) in [6, 6.07) is 1.19. The highest BCUT2D eigenvalue weighted by molar-refractivity contribution is 7.80. The van der Waals surface area contributed by atoms with Gasteiger partial charge in [0.15, 0.2) is 5.11 Å². The minimum Gasteiger partial charge on any atom is -0.360 e. The maximum Gasteiger partial charge on any atom is 0.169 e. The van der Waals surface area contributed by atoms with Crippen molar-refractivity contribution in [1.29, 1.82) is 0 Å². The first-order valence-electron chi connectivity index (χ1n) is 7.26. The largest absolute Gasteiger partial charge is 0.360 e. The van der Waals surface area contributed by atoms with Gasteiger partial charge in [0.05, 0.1) is 0 Å². The maximum atomic E-state index is 5.58. The number of hydrogen-bond donors (Lipinski definition) is 1. The number of nitrogens with zero attached hydrogens (tertiary/aromatic N) is 1. The topological polar surface area (TPSA) is 15.3 Å². The summed E-state index contributed by atoms with van der Waals surface area (Å²) in [5.41, 5.74) is 0. The molecule has 100 valence electrons. The molecule has 1 rings (SSSR count). The van der Waals surface area contributed by atoms with E-state index in [1.165, 1.54) is 38.5 Å². The van der Waals surface area contributed by atoms with Crippen molar-refractivity contribution in [2.45, 2.75) is 77.8 Å². The SMILES string of the molecule is CCCCN(C(=S)NC1CCCC1)C(C)CC. The first kappa shape index (κ1) is 14.7. The molecule has 0 amide bonds. The zero-order valence-electron chi connectivity index (χ0n) is 11.7. The van der Waals surface area contributed by atoms with Gasteiger partial charge in [-0.3, -0.25) is 0 Å². The fourth-order valence-corrected chi connectivity index (χ4v) is 2.84. The van der Waals surface area contributed by atoms with Crippen molar-refractivity contribution in [1.82, 2.24) is 10.2 Å². The molecule has 1 unspecified atom stereocenters. The molecule has 1 fully saturated rings. The van der Waals surface area contributed by atoms with Crippen molar-refractivity contribution >= 4 is 17.3 Å². The van der Waals surface area contributed by atoms with E-state index in [0.717, 1.165) is 18.1 Å². The highest BCUT2D eigenvalue weighted by Crippen LogP contribution is 2.18. The third kappa shape index (κ3) is 4.82. The van der Waals surface area contributed by atoms with Crippen molar-refractivity contribution in [3.63, 3.8) is 0 Å². The maximum absolute atomic E-state index is 5.58. The van der Waals surface area contributed by atoms with Crippen LogP contribution in [0.3, 0.4) is 0 Å². The van der Waals surface area contributed by atoms with E-state index in [2.05, 4.69) is 31.0 Å². The number of unbranched alkanes of at least 4 members (excludes halogenated alkanes) is 1. The van der Waals surface area contributed by atoms with Gasteiger partial charge in [0.2, 0.25) is 0 Å². The third-order valence-electron chi connectivity index (χ3n) is 3.82. The molecule has 1 atom stereocenters. The second kappa shape index (κ2) is 7.91. The van der Waals surface area contributed by atoms with Crippen LogP contribution in [0.1, 0.15) is 65.7 Å². The summed E-state index contributed by atoms with van der Waals surface area (Å²) >= 11 is 5.58. The fourth-order valence-electron chi connectivity index (χ4n) is 2.40. The van der Waals surface area contributed by atoms with E-state index in [0.29, 0.717) is 12.1 Å². The molecule has 1 aliphatic rings. The van der Waals surface area contributed by atoms with Crippen LogP contribution in [0.25, 0.3) is 0 Å². The minimum absolute atomic E-state index is 0.558. The van der Waals surface area contributed by atoms with Crippen LogP contribution in [0.2, 0.25) is 0 Å². The van der Waals surface area contributed by atoms with Crippen LogP contribution >= 0.6 is 12.2 Å². The highest BCUT2D eigenvalue weighted by atomic mass is 32.1. The molecule has 0 bridgehead atoms. The van der Waals surface area contributed by atoms with E-state index in [9.17, 15) is 0 Å². The van der Waals surface area contributed by atoms with Crippen LogP contribution < -0.4 is 5.32 Å². The molecule has 17 heavy (non-hydrogen) atoms. The Morgan fingerprint density at radius 3 is 2.53 bits per heavy atom. The Kier molecular flexibility index (Phi) is 6.86. The van der Waals surface area contributed by atoms with E-state index < -0.39 is 0 Å². The lowest BCUT2D eigenvalue weighted by Crippen LogP contribution is -2.47. The zero-order valence-corrected chi connectivity index (χ0v) is 12.5. The molecule has 0 aliphatic heterocycles. The Morgan fingerprint density at radius 2 is 2.00 bits per heavy atom. The summed E-state index contributed by atoms with van der Waals surface area (Å²) in [5.74, 6) is 0. The number of hydrogen-bond acceptors (Lipinski definition) is 1. The summed E-state index contributed by atoms with van der Waals surface area (Å²) in [6.45, 7) is 7.85. The third-order valence-corrected chi connectivity index (χ3v) is 4.17. The van der Waals surface area contributed by atoms with Crippen molar-refractivity contribution in [3.8, 4) is 0 Å². The van der Waals surface area contributed by atoms with E-state index in [1.807, 2.05) is 0 Å². The van der Waals surface area contributed by atoms with Gasteiger partial charge in [0, 0.05) is 18.6 Å². The Bertz CT molecular complexity index is 224. The van der Waals surface area contributed by atoms with Crippen molar-refractivity contribution in [2.75, 3.05) is 6.54 Å². The fraction of sp³-hybridized carbons (Fsp3) is 0.929. The first-order valence-corrected chi connectivity index (χ1v) is 7.67. The molecule has 0 aromatic rings. The summed E-state index contributed by atoms with van der Waals surface area (Å²) in [6.07, 6.45) is 8.94. The monoisotopic (exact) mass is 256 g/mol. The lowest BCUT2D eigenvalue weighted by molar-refractivity contribution is 0.309. The van der Waals surface area contributed by atoms with Gasteiger partial charge in [-0.15, -0.1) is 0 Å². The Labute approximate surface area is 112 Å². The molecular weight excluding hydrogens is 228 g/mol. The second-order valence-electron chi connectivity index (χ2n) is 5.24. The first-order chi connectivity index (χ1) is 8.19. The van der Waals surface area contributed by atoms with Gasteiger partial charge in [-0.2, -0.15) is 0 Å². The van der Waals surface area contributed by atoms with Gasteiger partial charge in [-0.05, 0) is 44.8 Å². The van der Waals surface area contributed by atoms with Gasteiger partial charge < -0.3 is 10.2 Å². The molecule has 1 aliphatic carbocycles. The van der Waals surface area contributed by atoms with E-state index in [1.54, 1.807) is 0 Å². The van der Waals surface area contributed by atoms with E-state index in [-0.39, 0.29) is 0 Å². The molecule has 0 aromatic heterocycles. The van der Waals surface area contributed by atoms with E-state index >= 15 is 0 Å². The molecule has 0 aromatic carbocycles. The van der Waals surface area contributed by atoms with Crippen LogP contribution in [0.5, 0.6) is 0 Å². The average molecular weight is 256 g/mol.